The Labute approximate surface area is 175 Å². The number of rotatable bonds is 5. The summed E-state index contributed by atoms with van der Waals surface area (Å²) in [6, 6.07) is 2.69. The number of aliphatic hydroxyl groups excluding tert-OH is 1. The van der Waals surface area contributed by atoms with Crippen molar-refractivity contribution in [2.24, 2.45) is 0 Å². The number of aliphatic hydroxyl groups is 1. The summed E-state index contributed by atoms with van der Waals surface area (Å²) in [6.07, 6.45) is 1.51. The Balaban J connectivity index is 1.74. The predicted octanol–water partition coefficient (Wildman–Crippen LogP) is 2.29. The standard InChI is InChI=1S/C22H27N3O5/c1-13-14(2)23-15(3)17(13)20(26)18-19(16-5-4-10-30-16)25(22(28)21(18)27)7-6-24-8-11-29-12-9-24/h4-5,10,19,23,26H,6-9,11-12H2,1-3H3/b20-18+. The Bertz CT molecular complexity index is 983. The maximum absolute atomic E-state index is 13.0. The van der Waals surface area contributed by atoms with Crippen LogP contribution in [-0.4, -0.2) is 71.0 Å². The Morgan fingerprint density at radius 2 is 1.90 bits per heavy atom. The van der Waals surface area contributed by atoms with Crippen molar-refractivity contribution >= 4 is 17.4 Å². The van der Waals surface area contributed by atoms with Crippen LogP contribution >= 0.6 is 0 Å². The van der Waals surface area contributed by atoms with Crippen LogP contribution in [0.15, 0.2) is 28.4 Å². The van der Waals surface area contributed by atoms with Crippen LogP contribution in [0.4, 0.5) is 0 Å². The van der Waals surface area contributed by atoms with Gasteiger partial charge in [0.15, 0.2) is 0 Å². The third kappa shape index (κ3) is 3.46. The van der Waals surface area contributed by atoms with Gasteiger partial charge in [0.2, 0.25) is 0 Å². The molecule has 30 heavy (non-hydrogen) atoms. The maximum atomic E-state index is 13.0. The first-order valence-corrected chi connectivity index (χ1v) is 10.2. The van der Waals surface area contributed by atoms with Crippen LogP contribution in [0.2, 0.25) is 0 Å². The predicted molar refractivity (Wildman–Crippen MR) is 110 cm³/mol. The number of ketones is 1. The van der Waals surface area contributed by atoms with Crippen LogP contribution < -0.4 is 0 Å². The van der Waals surface area contributed by atoms with Crippen LogP contribution in [-0.2, 0) is 14.3 Å². The highest BCUT2D eigenvalue weighted by Crippen LogP contribution is 2.40. The molecule has 2 aliphatic rings. The highest BCUT2D eigenvalue weighted by atomic mass is 16.5. The number of aryl methyl sites for hydroxylation is 2. The van der Waals surface area contributed by atoms with Gasteiger partial charge in [-0.25, -0.2) is 0 Å². The summed E-state index contributed by atoms with van der Waals surface area (Å²) in [5, 5.41) is 11.2. The SMILES string of the molecule is Cc1[nH]c(C)c(/C(O)=C2\C(=O)C(=O)N(CCN3CCOCC3)C2c2ccco2)c1C. The highest BCUT2D eigenvalue weighted by Gasteiger charge is 2.47. The van der Waals surface area contributed by atoms with E-state index in [1.54, 1.807) is 12.1 Å². The lowest BCUT2D eigenvalue weighted by Gasteiger charge is -2.30. The number of hydrogen-bond acceptors (Lipinski definition) is 6. The Hall–Kier alpha value is -2.84. The van der Waals surface area contributed by atoms with Crippen molar-refractivity contribution < 1.29 is 23.8 Å². The normalized spacial score (nSPS) is 22.2. The monoisotopic (exact) mass is 413 g/mol. The lowest BCUT2D eigenvalue weighted by atomic mass is 9.97. The molecule has 2 saturated heterocycles. The molecular weight excluding hydrogens is 386 g/mol. The van der Waals surface area contributed by atoms with Crippen molar-refractivity contribution in [3.63, 3.8) is 0 Å². The largest absolute Gasteiger partial charge is 0.507 e. The number of Topliss-reactive ketones (excluding diaryl/α,β-unsaturated/α-hetero) is 1. The molecule has 2 aliphatic heterocycles. The average molecular weight is 413 g/mol. The summed E-state index contributed by atoms with van der Waals surface area (Å²) in [5.74, 6) is -1.01. The molecule has 8 heteroatoms. The van der Waals surface area contributed by atoms with E-state index in [0.717, 1.165) is 30.0 Å². The summed E-state index contributed by atoms with van der Waals surface area (Å²) in [7, 11) is 0. The molecule has 4 heterocycles. The zero-order valence-electron chi connectivity index (χ0n) is 17.5. The van der Waals surface area contributed by atoms with Crippen molar-refractivity contribution in [3.05, 3.63) is 52.2 Å². The first-order valence-electron chi connectivity index (χ1n) is 10.2. The molecule has 4 rings (SSSR count). The number of aromatic amines is 1. The number of nitrogens with zero attached hydrogens (tertiary/aromatic N) is 2. The number of amides is 1. The molecule has 160 valence electrons. The quantitative estimate of drug-likeness (QED) is 0.443. The molecule has 0 radical (unpaired) electrons. The molecule has 1 unspecified atom stereocenters. The zero-order chi connectivity index (χ0) is 21.4. The number of H-pyrrole nitrogens is 1. The lowest BCUT2D eigenvalue weighted by Crippen LogP contribution is -2.42. The van der Waals surface area contributed by atoms with E-state index in [-0.39, 0.29) is 11.3 Å². The molecule has 1 atom stereocenters. The molecule has 2 N–H and O–H groups in total. The minimum absolute atomic E-state index is 0.0714. The van der Waals surface area contributed by atoms with Gasteiger partial charge in [0.1, 0.15) is 17.6 Å². The van der Waals surface area contributed by atoms with Gasteiger partial charge in [0.25, 0.3) is 11.7 Å². The van der Waals surface area contributed by atoms with E-state index in [1.807, 2.05) is 20.8 Å². The fourth-order valence-corrected chi connectivity index (χ4v) is 4.32. The number of carbonyl (C=O) groups excluding carboxylic acids is 2. The topological polar surface area (TPSA) is 99.0 Å². The molecule has 2 fully saturated rings. The van der Waals surface area contributed by atoms with Crippen molar-refractivity contribution in [3.8, 4) is 0 Å². The molecule has 0 aromatic carbocycles. The van der Waals surface area contributed by atoms with Gasteiger partial charge in [-0.2, -0.15) is 0 Å². The van der Waals surface area contributed by atoms with Gasteiger partial charge >= 0.3 is 0 Å². The number of morpholine rings is 1. The number of ether oxygens (including phenoxy) is 1. The van der Waals surface area contributed by atoms with Crippen LogP contribution in [0.25, 0.3) is 5.76 Å². The Morgan fingerprint density at radius 1 is 1.17 bits per heavy atom. The Morgan fingerprint density at radius 3 is 2.50 bits per heavy atom. The molecule has 0 aliphatic carbocycles. The number of likely N-dealkylation sites (tertiary alicyclic amines) is 1. The van der Waals surface area contributed by atoms with Gasteiger partial charge < -0.3 is 24.1 Å². The summed E-state index contributed by atoms with van der Waals surface area (Å²) in [6.45, 7) is 9.50. The lowest BCUT2D eigenvalue weighted by molar-refractivity contribution is -0.140. The summed E-state index contributed by atoms with van der Waals surface area (Å²) >= 11 is 0. The molecule has 0 bridgehead atoms. The van der Waals surface area contributed by atoms with Crippen LogP contribution in [0, 0.1) is 20.8 Å². The summed E-state index contributed by atoms with van der Waals surface area (Å²) < 4.78 is 11.0. The molecule has 1 amide bonds. The van der Waals surface area contributed by atoms with E-state index in [4.69, 9.17) is 9.15 Å². The molecule has 0 spiro atoms. The molecule has 0 saturated carbocycles. The molecular formula is C22H27N3O5. The van der Waals surface area contributed by atoms with Crippen molar-refractivity contribution in [1.29, 1.82) is 0 Å². The van der Waals surface area contributed by atoms with Crippen LogP contribution in [0.1, 0.15) is 34.3 Å². The van der Waals surface area contributed by atoms with Crippen molar-refractivity contribution in [2.45, 2.75) is 26.8 Å². The zero-order valence-corrected chi connectivity index (χ0v) is 17.5. The minimum Gasteiger partial charge on any atom is -0.507 e. The fraction of sp³-hybridized carbons (Fsp3) is 0.455. The number of furan rings is 1. The third-order valence-electron chi connectivity index (χ3n) is 6.04. The minimum atomic E-state index is -0.755. The van der Waals surface area contributed by atoms with Gasteiger partial charge in [-0.3, -0.25) is 14.5 Å². The van der Waals surface area contributed by atoms with Crippen molar-refractivity contribution in [1.82, 2.24) is 14.8 Å². The van der Waals surface area contributed by atoms with E-state index < -0.39 is 17.7 Å². The fourth-order valence-electron chi connectivity index (χ4n) is 4.32. The average Bonchev–Trinajstić information content (AvgIpc) is 3.41. The van der Waals surface area contributed by atoms with Crippen molar-refractivity contribution in [2.75, 3.05) is 39.4 Å². The second kappa shape index (κ2) is 8.12. The summed E-state index contributed by atoms with van der Waals surface area (Å²) in [5.41, 5.74) is 3.14. The van der Waals surface area contributed by atoms with Gasteiger partial charge in [-0.1, -0.05) is 0 Å². The first kappa shape index (κ1) is 20.4. The second-order valence-corrected chi connectivity index (χ2v) is 7.84. The van der Waals surface area contributed by atoms with Gasteiger partial charge in [0.05, 0.1) is 25.1 Å². The van der Waals surface area contributed by atoms with E-state index >= 15 is 0 Å². The van der Waals surface area contributed by atoms with E-state index in [1.165, 1.54) is 11.2 Å². The number of nitrogens with one attached hydrogen (secondary N) is 1. The van der Waals surface area contributed by atoms with Crippen LogP contribution in [0.3, 0.4) is 0 Å². The molecule has 2 aromatic heterocycles. The van der Waals surface area contributed by atoms with Gasteiger partial charge in [-0.15, -0.1) is 0 Å². The molecule has 2 aromatic rings. The van der Waals surface area contributed by atoms with Gasteiger partial charge in [0, 0.05) is 43.1 Å². The van der Waals surface area contributed by atoms with E-state index in [2.05, 4.69) is 9.88 Å². The third-order valence-corrected chi connectivity index (χ3v) is 6.04. The maximum Gasteiger partial charge on any atom is 0.295 e. The Kier molecular flexibility index (Phi) is 5.53. The number of carbonyl (C=O) groups is 2. The van der Waals surface area contributed by atoms with Gasteiger partial charge in [-0.05, 0) is 38.5 Å². The number of aromatic nitrogens is 1. The summed E-state index contributed by atoms with van der Waals surface area (Å²) in [4.78, 5) is 32.9. The van der Waals surface area contributed by atoms with E-state index in [0.29, 0.717) is 37.6 Å². The first-order chi connectivity index (χ1) is 14.4. The van der Waals surface area contributed by atoms with E-state index in [9.17, 15) is 14.7 Å². The molecule has 8 nitrogen and oxygen atoms in total. The smallest absolute Gasteiger partial charge is 0.295 e. The number of hydrogen-bond donors (Lipinski definition) is 2. The van der Waals surface area contributed by atoms with Crippen LogP contribution in [0.5, 0.6) is 0 Å². The highest BCUT2D eigenvalue weighted by molar-refractivity contribution is 6.46. The second-order valence-electron chi connectivity index (χ2n) is 7.84.